The third-order valence-corrected chi connectivity index (χ3v) is 1.98. The lowest BCUT2D eigenvalue weighted by molar-refractivity contribution is 0.206. The molecular weight excluding hydrogens is 183 g/mol. The van der Waals surface area contributed by atoms with E-state index in [-0.39, 0.29) is 5.82 Å². The lowest BCUT2D eigenvalue weighted by Gasteiger charge is -2.19. The Balaban J connectivity index is 2.73. The number of nitrogens with zero attached hydrogens (tertiary/aromatic N) is 1. The Kier molecular flexibility index (Phi) is 3.71. The molecule has 0 saturated heterocycles. The van der Waals surface area contributed by atoms with Crippen molar-refractivity contribution in [2.45, 2.75) is 0 Å². The van der Waals surface area contributed by atoms with Crippen molar-refractivity contribution in [2.75, 3.05) is 37.9 Å². The number of ether oxygens (including phenoxy) is 1. The van der Waals surface area contributed by atoms with Crippen LogP contribution in [0.2, 0.25) is 0 Å². The highest BCUT2D eigenvalue weighted by Crippen LogP contribution is 2.18. The number of hydrogen-bond acceptors (Lipinski definition) is 3. The van der Waals surface area contributed by atoms with E-state index in [0.717, 1.165) is 5.69 Å². The van der Waals surface area contributed by atoms with Crippen LogP contribution in [0, 0.1) is 5.82 Å². The maximum absolute atomic E-state index is 13.0. The van der Waals surface area contributed by atoms with E-state index < -0.39 is 0 Å². The molecule has 0 aliphatic rings. The predicted molar refractivity (Wildman–Crippen MR) is 56.0 cm³/mol. The molecule has 1 rings (SSSR count). The van der Waals surface area contributed by atoms with E-state index in [0.29, 0.717) is 18.8 Å². The van der Waals surface area contributed by atoms with Gasteiger partial charge in [0.2, 0.25) is 0 Å². The van der Waals surface area contributed by atoms with E-state index in [4.69, 9.17) is 10.5 Å². The number of methoxy groups -OCH3 is 1. The summed E-state index contributed by atoms with van der Waals surface area (Å²) in [5.74, 6) is -0.315. The van der Waals surface area contributed by atoms with Gasteiger partial charge in [-0.1, -0.05) is 0 Å². The fraction of sp³-hybridized carbons (Fsp3) is 0.400. The van der Waals surface area contributed by atoms with Gasteiger partial charge in [-0.15, -0.1) is 0 Å². The van der Waals surface area contributed by atoms with Crippen LogP contribution in [0.15, 0.2) is 18.2 Å². The third-order valence-electron chi connectivity index (χ3n) is 1.98. The summed E-state index contributed by atoms with van der Waals surface area (Å²) < 4.78 is 17.9. The Bertz CT molecular complexity index is 284. The Morgan fingerprint density at radius 3 is 2.71 bits per heavy atom. The van der Waals surface area contributed by atoms with Gasteiger partial charge in [0.05, 0.1) is 6.61 Å². The maximum atomic E-state index is 13.0. The van der Waals surface area contributed by atoms with E-state index in [2.05, 4.69) is 0 Å². The largest absolute Gasteiger partial charge is 0.399 e. The highest BCUT2D eigenvalue weighted by atomic mass is 19.1. The van der Waals surface area contributed by atoms with Crippen LogP contribution < -0.4 is 10.6 Å². The molecule has 0 fully saturated rings. The molecule has 1 aromatic rings. The van der Waals surface area contributed by atoms with Crippen LogP contribution in [0.4, 0.5) is 15.8 Å². The average molecular weight is 198 g/mol. The van der Waals surface area contributed by atoms with Gasteiger partial charge < -0.3 is 15.4 Å². The van der Waals surface area contributed by atoms with E-state index >= 15 is 0 Å². The second kappa shape index (κ2) is 4.81. The van der Waals surface area contributed by atoms with Crippen molar-refractivity contribution < 1.29 is 9.13 Å². The summed E-state index contributed by atoms with van der Waals surface area (Å²) in [5, 5.41) is 0. The van der Waals surface area contributed by atoms with Gasteiger partial charge in [0, 0.05) is 32.1 Å². The van der Waals surface area contributed by atoms with Crippen molar-refractivity contribution in [1.29, 1.82) is 0 Å². The third kappa shape index (κ3) is 2.88. The Hall–Kier alpha value is -1.29. The van der Waals surface area contributed by atoms with Crippen LogP contribution in [0.1, 0.15) is 0 Å². The van der Waals surface area contributed by atoms with Crippen LogP contribution in [-0.2, 0) is 4.74 Å². The quantitative estimate of drug-likeness (QED) is 0.745. The van der Waals surface area contributed by atoms with Gasteiger partial charge in [-0.25, -0.2) is 4.39 Å². The monoisotopic (exact) mass is 198 g/mol. The molecule has 4 heteroatoms. The molecule has 2 N–H and O–H groups in total. The first-order valence-electron chi connectivity index (χ1n) is 4.39. The minimum Gasteiger partial charge on any atom is -0.399 e. The first kappa shape index (κ1) is 10.8. The lowest BCUT2D eigenvalue weighted by atomic mass is 10.2. The zero-order valence-corrected chi connectivity index (χ0v) is 8.46. The van der Waals surface area contributed by atoms with Crippen molar-refractivity contribution in [3.63, 3.8) is 0 Å². The maximum Gasteiger partial charge on any atom is 0.127 e. The smallest absolute Gasteiger partial charge is 0.127 e. The normalized spacial score (nSPS) is 10.2. The van der Waals surface area contributed by atoms with E-state index in [1.54, 1.807) is 13.2 Å². The van der Waals surface area contributed by atoms with Crippen molar-refractivity contribution in [1.82, 2.24) is 0 Å². The summed E-state index contributed by atoms with van der Waals surface area (Å²) in [6.07, 6.45) is 0. The molecule has 0 aromatic heterocycles. The fourth-order valence-electron chi connectivity index (χ4n) is 1.17. The second-order valence-electron chi connectivity index (χ2n) is 3.16. The number of rotatable bonds is 4. The van der Waals surface area contributed by atoms with E-state index in [9.17, 15) is 4.39 Å². The van der Waals surface area contributed by atoms with Gasteiger partial charge >= 0.3 is 0 Å². The fourth-order valence-corrected chi connectivity index (χ4v) is 1.17. The molecule has 0 atom stereocenters. The summed E-state index contributed by atoms with van der Waals surface area (Å²) in [4.78, 5) is 1.89. The molecule has 0 aliphatic heterocycles. The number of nitrogen functional groups attached to an aromatic ring is 1. The molecule has 1 aromatic carbocycles. The lowest BCUT2D eigenvalue weighted by Crippen LogP contribution is -2.22. The first-order chi connectivity index (χ1) is 6.63. The summed E-state index contributed by atoms with van der Waals surface area (Å²) >= 11 is 0. The zero-order chi connectivity index (χ0) is 10.6. The predicted octanol–water partition coefficient (Wildman–Crippen LogP) is 1.49. The number of halogens is 1. The SMILES string of the molecule is COCCN(C)c1cc(N)cc(F)c1. The number of likely N-dealkylation sites (N-methyl/N-ethyl adjacent to an activating group) is 1. The van der Waals surface area contributed by atoms with Crippen molar-refractivity contribution in [3.8, 4) is 0 Å². The number of nitrogens with two attached hydrogens (primary N) is 1. The number of benzene rings is 1. The molecule has 14 heavy (non-hydrogen) atoms. The molecule has 0 bridgehead atoms. The Morgan fingerprint density at radius 1 is 1.43 bits per heavy atom. The average Bonchev–Trinajstić information content (AvgIpc) is 2.12. The first-order valence-corrected chi connectivity index (χ1v) is 4.39. The zero-order valence-electron chi connectivity index (χ0n) is 8.46. The highest BCUT2D eigenvalue weighted by molar-refractivity contribution is 5.55. The van der Waals surface area contributed by atoms with E-state index in [1.165, 1.54) is 12.1 Å². The molecule has 0 unspecified atom stereocenters. The van der Waals surface area contributed by atoms with Gasteiger partial charge in [0.1, 0.15) is 5.82 Å². The van der Waals surface area contributed by atoms with Crippen LogP contribution in [0.25, 0.3) is 0 Å². The Morgan fingerprint density at radius 2 is 2.14 bits per heavy atom. The molecule has 0 radical (unpaired) electrons. The summed E-state index contributed by atoms with van der Waals surface area (Å²) in [6, 6.07) is 4.48. The molecule has 0 heterocycles. The number of hydrogen-bond donors (Lipinski definition) is 1. The molecule has 3 nitrogen and oxygen atoms in total. The molecule has 78 valence electrons. The second-order valence-corrected chi connectivity index (χ2v) is 3.16. The summed E-state index contributed by atoms with van der Waals surface area (Å²) in [5.41, 5.74) is 6.73. The van der Waals surface area contributed by atoms with Crippen LogP contribution in [0.5, 0.6) is 0 Å². The molecular formula is C10H15FN2O. The standard InChI is InChI=1S/C10H15FN2O/c1-13(3-4-14-2)10-6-8(11)5-9(12)7-10/h5-7H,3-4,12H2,1-2H3. The minimum atomic E-state index is -0.315. The highest BCUT2D eigenvalue weighted by Gasteiger charge is 2.03. The number of anilines is 2. The van der Waals surface area contributed by atoms with Gasteiger partial charge in [0.15, 0.2) is 0 Å². The van der Waals surface area contributed by atoms with Crippen molar-refractivity contribution >= 4 is 11.4 Å². The van der Waals surface area contributed by atoms with Crippen LogP contribution in [0.3, 0.4) is 0 Å². The summed E-state index contributed by atoms with van der Waals surface area (Å²) in [6.45, 7) is 1.31. The van der Waals surface area contributed by atoms with Gasteiger partial charge in [-0.2, -0.15) is 0 Å². The molecule has 0 spiro atoms. The van der Waals surface area contributed by atoms with E-state index in [1.807, 2.05) is 11.9 Å². The molecule has 0 saturated carbocycles. The van der Waals surface area contributed by atoms with Gasteiger partial charge in [-0.3, -0.25) is 0 Å². The molecule has 0 amide bonds. The molecule has 0 aliphatic carbocycles. The van der Waals surface area contributed by atoms with Crippen molar-refractivity contribution in [2.24, 2.45) is 0 Å². The topological polar surface area (TPSA) is 38.5 Å². The van der Waals surface area contributed by atoms with Gasteiger partial charge in [-0.05, 0) is 18.2 Å². The van der Waals surface area contributed by atoms with Crippen molar-refractivity contribution in [3.05, 3.63) is 24.0 Å². The van der Waals surface area contributed by atoms with Crippen LogP contribution >= 0.6 is 0 Å². The van der Waals surface area contributed by atoms with Crippen LogP contribution in [-0.4, -0.2) is 27.3 Å². The van der Waals surface area contributed by atoms with Gasteiger partial charge in [0.25, 0.3) is 0 Å². The summed E-state index contributed by atoms with van der Waals surface area (Å²) in [7, 11) is 3.50. The Labute approximate surface area is 83.3 Å². The minimum absolute atomic E-state index is 0.315.